The molecule has 4 nitrogen and oxygen atoms in total. The number of fused-ring (bicyclic) bond motifs is 3. The highest BCUT2D eigenvalue weighted by atomic mass is 16.3. The fraction of sp³-hybridized carbons (Fsp3) is 0. The SMILES string of the molecule is N#Cc1ccc(-c2ccc(-c3ccc(-c4nc(-c5ccccc5)c(-c5ccccc5)nc4-c4cccc5c4oc4ccccc45)cc3)cc2)cc1. The smallest absolute Gasteiger partial charge is 0.144 e. The van der Waals surface area contributed by atoms with Gasteiger partial charge in [0.2, 0.25) is 0 Å². The van der Waals surface area contributed by atoms with Gasteiger partial charge in [0.1, 0.15) is 16.9 Å². The molecule has 9 aromatic rings. The van der Waals surface area contributed by atoms with Crippen molar-refractivity contribution >= 4 is 21.9 Å². The molecule has 0 atom stereocenters. The zero-order chi connectivity index (χ0) is 34.1. The Bertz CT molecular complexity index is 2710. The van der Waals surface area contributed by atoms with Gasteiger partial charge in [0.05, 0.1) is 28.7 Å². The minimum absolute atomic E-state index is 0.656. The number of aromatic nitrogens is 2. The lowest BCUT2D eigenvalue weighted by molar-refractivity contribution is 0.670. The van der Waals surface area contributed by atoms with E-state index in [1.54, 1.807) is 0 Å². The summed E-state index contributed by atoms with van der Waals surface area (Å²) in [7, 11) is 0. The third kappa shape index (κ3) is 5.53. The largest absolute Gasteiger partial charge is 0.455 e. The van der Waals surface area contributed by atoms with Gasteiger partial charge in [-0.15, -0.1) is 0 Å². The van der Waals surface area contributed by atoms with Crippen molar-refractivity contribution in [2.24, 2.45) is 0 Å². The second-order valence-electron chi connectivity index (χ2n) is 12.5. The predicted molar refractivity (Wildman–Crippen MR) is 207 cm³/mol. The van der Waals surface area contributed by atoms with Crippen LogP contribution in [0.5, 0.6) is 0 Å². The molecule has 51 heavy (non-hydrogen) atoms. The van der Waals surface area contributed by atoms with Crippen LogP contribution < -0.4 is 0 Å². The fourth-order valence-corrected chi connectivity index (χ4v) is 6.77. The van der Waals surface area contributed by atoms with Crippen LogP contribution in [-0.2, 0) is 0 Å². The molecule has 0 amide bonds. The van der Waals surface area contributed by atoms with Gasteiger partial charge in [-0.05, 0) is 46.5 Å². The monoisotopic (exact) mass is 651 g/mol. The van der Waals surface area contributed by atoms with Crippen LogP contribution in [-0.4, -0.2) is 9.97 Å². The fourth-order valence-electron chi connectivity index (χ4n) is 6.77. The minimum Gasteiger partial charge on any atom is -0.455 e. The number of rotatable bonds is 6. The Morgan fingerprint density at radius 3 is 1.37 bits per heavy atom. The van der Waals surface area contributed by atoms with Gasteiger partial charge in [-0.25, -0.2) is 9.97 Å². The topological polar surface area (TPSA) is 62.7 Å². The molecule has 0 bridgehead atoms. The summed E-state index contributed by atoms with van der Waals surface area (Å²) in [5, 5.41) is 11.3. The molecule has 4 heteroatoms. The van der Waals surface area contributed by atoms with Crippen LogP contribution in [0.4, 0.5) is 0 Å². The molecule has 2 heterocycles. The number of benzene rings is 7. The van der Waals surface area contributed by atoms with Gasteiger partial charge in [0, 0.05) is 33.0 Å². The van der Waals surface area contributed by atoms with Crippen LogP contribution in [0.3, 0.4) is 0 Å². The molecule has 0 fully saturated rings. The zero-order valence-corrected chi connectivity index (χ0v) is 27.5. The highest BCUT2D eigenvalue weighted by molar-refractivity contribution is 6.10. The van der Waals surface area contributed by atoms with Gasteiger partial charge in [-0.2, -0.15) is 5.26 Å². The molecule has 0 radical (unpaired) electrons. The number of nitrogens with zero attached hydrogens (tertiary/aromatic N) is 3. The second kappa shape index (κ2) is 12.7. The molecule has 0 spiro atoms. The van der Waals surface area contributed by atoms with E-state index >= 15 is 0 Å². The second-order valence-corrected chi connectivity index (χ2v) is 12.5. The molecule has 238 valence electrons. The first-order chi connectivity index (χ1) is 25.2. The van der Waals surface area contributed by atoms with Crippen LogP contribution in [0.15, 0.2) is 180 Å². The van der Waals surface area contributed by atoms with Gasteiger partial charge in [-0.1, -0.05) is 152 Å². The van der Waals surface area contributed by atoms with E-state index in [4.69, 9.17) is 19.6 Å². The third-order valence-electron chi connectivity index (χ3n) is 9.37. The summed E-state index contributed by atoms with van der Waals surface area (Å²) in [6.07, 6.45) is 0. The molecular weight excluding hydrogens is 623 g/mol. The standard InChI is InChI=1S/C47H29N3O/c48-30-31-18-20-32(21-19-31)33-22-24-34(25-23-33)35-26-28-38(29-27-35)45-46(41-16-9-15-40-39-14-7-8-17-42(39)51-47(40)41)50-44(37-12-5-2-6-13-37)43(49-45)36-10-3-1-4-11-36/h1-29H. The first-order valence-corrected chi connectivity index (χ1v) is 16.9. The summed E-state index contributed by atoms with van der Waals surface area (Å²) >= 11 is 0. The van der Waals surface area contributed by atoms with E-state index in [0.29, 0.717) is 5.56 Å². The van der Waals surface area contributed by atoms with Crippen molar-refractivity contribution in [3.63, 3.8) is 0 Å². The maximum absolute atomic E-state index is 9.16. The molecule has 0 saturated carbocycles. The van der Waals surface area contributed by atoms with Crippen molar-refractivity contribution in [2.45, 2.75) is 0 Å². The van der Waals surface area contributed by atoms with Gasteiger partial charge in [0.15, 0.2) is 0 Å². The van der Waals surface area contributed by atoms with Gasteiger partial charge < -0.3 is 4.42 Å². The molecule has 7 aromatic carbocycles. The van der Waals surface area contributed by atoms with Crippen molar-refractivity contribution in [3.05, 3.63) is 181 Å². The van der Waals surface area contributed by atoms with Crippen molar-refractivity contribution in [1.82, 2.24) is 9.97 Å². The van der Waals surface area contributed by atoms with Crippen molar-refractivity contribution in [3.8, 4) is 73.4 Å². The summed E-state index contributed by atoms with van der Waals surface area (Å²) < 4.78 is 6.54. The summed E-state index contributed by atoms with van der Waals surface area (Å²) in [6.45, 7) is 0. The highest BCUT2D eigenvalue weighted by Crippen LogP contribution is 2.42. The van der Waals surface area contributed by atoms with Gasteiger partial charge >= 0.3 is 0 Å². The average Bonchev–Trinajstić information content (AvgIpc) is 3.60. The maximum atomic E-state index is 9.16. The first kappa shape index (κ1) is 30.0. The Kier molecular flexibility index (Phi) is 7.50. The van der Waals surface area contributed by atoms with E-state index in [1.165, 1.54) is 0 Å². The molecule has 2 aromatic heterocycles. The van der Waals surface area contributed by atoms with Crippen molar-refractivity contribution < 1.29 is 4.42 Å². The molecule has 0 aliphatic carbocycles. The molecule has 9 rings (SSSR count). The van der Waals surface area contributed by atoms with E-state index in [2.05, 4.69) is 103 Å². The van der Waals surface area contributed by atoms with Crippen LogP contribution in [0.25, 0.3) is 89.2 Å². The number of para-hydroxylation sites is 2. The van der Waals surface area contributed by atoms with Crippen LogP contribution in [0.1, 0.15) is 5.56 Å². The normalized spacial score (nSPS) is 11.1. The number of hydrogen-bond acceptors (Lipinski definition) is 4. The Labute approximate surface area is 295 Å². The quantitative estimate of drug-likeness (QED) is 0.179. The molecule has 0 aliphatic rings. The lowest BCUT2D eigenvalue weighted by Crippen LogP contribution is -2.01. The third-order valence-corrected chi connectivity index (χ3v) is 9.37. The van der Waals surface area contributed by atoms with Gasteiger partial charge in [0.25, 0.3) is 0 Å². The Morgan fingerprint density at radius 2 is 0.804 bits per heavy atom. The molecule has 0 N–H and O–H groups in total. The van der Waals surface area contributed by atoms with E-state index in [-0.39, 0.29) is 0 Å². The van der Waals surface area contributed by atoms with E-state index in [1.807, 2.05) is 78.9 Å². The van der Waals surface area contributed by atoms with Crippen molar-refractivity contribution in [2.75, 3.05) is 0 Å². The first-order valence-electron chi connectivity index (χ1n) is 16.9. The molecule has 0 saturated heterocycles. The number of hydrogen-bond donors (Lipinski definition) is 0. The Hall–Kier alpha value is -7.09. The summed E-state index contributed by atoms with van der Waals surface area (Å²) in [4.78, 5) is 10.9. The minimum atomic E-state index is 0.656. The van der Waals surface area contributed by atoms with Crippen LogP contribution >= 0.6 is 0 Å². The zero-order valence-electron chi connectivity index (χ0n) is 27.5. The number of nitriles is 1. The molecular formula is C47H29N3O. The average molecular weight is 652 g/mol. The lowest BCUT2D eigenvalue weighted by atomic mass is 9.96. The van der Waals surface area contributed by atoms with Gasteiger partial charge in [-0.3, -0.25) is 0 Å². The highest BCUT2D eigenvalue weighted by Gasteiger charge is 2.22. The molecule has 0 aliphatic heterocycles. The van der Waals surface area contributed by atoms with Crippen LogP contribution in [0.2, 0.25) is 0 Å². The Morgan fingerprint density at radius 1 is 0.373 bits per heavy atom. The lowest BCUT2D eigenvalue weighted by Gasteiger charge is -2.16. The Balaban J connectivity index is 1.20. The van der Waals surface area contributed by atoms with Crippen LogP contribution in [0, 0.1) is 11.3 Å². The number of furan rings is 1. The van der Waals surface area contributed by atoms with E-state index in [0.717, 1.165) is 89.2 Å². The predicted octanol–water partition coefficient (Wildman–Crippen LogP) is 12.2. The summed E-state index contributed by atoms with van der Waals surface area (Å²) in [5.41, 5.74) is 13.7. The maximum Gasteiger partial charge on any atom is 0.144 e. The van der Waals surface area contributed by atoms with E-state index in [9.17, 15) is 0 Å². The summed E-state index contributed by atoms with van der Waals surface area (Å²) in [6, 6.07) is 61.9. The molecule has 0 unspecified atom stereocenters. The summed E-state index contributed by atoms with van der Waals surface area (Å²) in [5.74, 6) is 0. The van der Waals surface area contributed by atoms with Crippen molar-refractivity contribution in [1.29, 1.82) is 5.26 Å². The van der Waals surface area contributed by atoms with E-state index < -0.39 is 0 Å².